The van der Waals surface area contributed by atoms with Gasteiger partial charge in [0.2, 0.25) is 0 Å². The summed E-state index contributed by atoms with van der Waals surface area (Å²) in [5, 5.41) is 9.75. The summed E-state index contributed by atoms with van der Waals surface area (Å²) in [6.07, 6.45) is 2.04. The molecule has 0 amide bonds. The Balaban J connectivity index is 2.21. The normalized spacial score (nSPS) is 12.7. The van der Waals surface area contributed by atoms with E-state index in [9.17, 15) is 13.9 Å². The molecule has 0 aliphatic heterocycles. The highest BCUT2D eigenvalue weighted by atomic mass is 19.2. The van der Waals surface area contributed by atoms with E-state index in [-0.39, 0.29) is 12.0 Å². The minimum absolute atomic E-state index is 0.0406. The summed E-state index contributed by atoms with van der Waals surface area (Å²) in [5.41, 5.74) is 0.692. The maximum absolute atomic E-state index is 13.3. The van der Waals surface area contributed by atoms with E-state index in [0.29, 0.717) is 0 Å². The number of halogens is 2. The van der Waals surface area contributed by atoms with Crippen LogP contribution in [0.1, 0.15) is 17.2 Å². The third kappa shape index (κ3) is 2.12. The van der Waals surface area contributed by atoms with E-state index in [2.05, 4.69) is 0 Å². The predicted molar refractivity (Wildman–Crippen MR) is 53.7 cm³/mol. The Morgan fingerprint density at radius 2 is 2.06 bits per heavy atom. The average molecular weight is 224 g/mol. The quantitative estimate of drug-likeness (QED) is 0.869. The molecular weight excluding hydrogens is 214 g/mol. The van der Waals surface area contributed by atoms with Gasteiger partial charge < -0.3 is 9.52 Å². The van der Waals surface area contributed by atoms with E-state index in [4.69, 9.17) is 4.42 Å². The second-order valence-corrected chi connectivity index (χ2v) is 3.49. The molecule has 1 atom stereocenters. The molecule has 2 nitrogen and oxygen atoms in total. The molecule has 0 spiro atoms. The molecule has 0 radical (unpaired) electrons. The smallest absolute Gasteiger partial charge is 0.164 e. The summed E-state index contributed by atoms with van der Waals surface area (Å²) >= 11 is 0. The van der Waals surface area contributed by atoms with Crippen molar-refractivity contribution in [3.05, 3.63) is 59.6 Å². The van der Waals surface area contributed by atoms with Gasteiger partial charge in [0, 0.05) is 12.0 Å². The molecule has 84 valence electrons. The van der Waals surface area contributed by atoms with Gasteiger partial charge in [-0.3, -0.25) is 0 Å². The molecule has 1 heterocycles. The lowest BCUT2D eigenvalue weighted by molar-refractivity contribution is 0.172. The Hall–Kier alpha value is -1.68. The highest BCUT2D eigenvalue weighted by molar-refractivity contribution is 5.23. The van der Waals surface area contributed by atoms with Crippen LogP contribution in [0, 0.1) is 11.6 Å². The molecule has 2 aromatic rings. The van der Waals surface area contributed by atoms with Crippen molar-refractivity contribution in [2.24, 2.45) is 0 Å². The molecule has 16 heavy (non-hydrogen) atoms. The lowest BCUT2D eigenvalue weighted by atomic mass is 10.0. The second kappa shape index (κ2) is 4.45. The highest BCUT2D eigenvalue weighted by Gasteiger charge is 2.16. The number of aliphatic hydroxyl groups excluding tert-OH is 1. The maximum Gasteiger partial charge on any atom is 0.164 e. The third-order valence-corrected chi connectivity index (χ3v) is 2.35. The fraction of sp³-hybridized carbons (Fsp3) is 0.167. The van der Waals surface area contributed by atoms with Crippen molar-refractivity contribution >= 4 is 0 Å². The van der Waals surface area contributed by atoms with E-state index >= 15 is 0 Å². The predicted octanol–water partition coefficient (Wildman–Crippen LogP) is 2.83. The fourth-order valence-electron chi connectivity index (χ4n) is 1.52. The number of benzene rings is 1. The van der Waals surface area contributed by atoms with Crippen molar-refractivity contribution in [2.75, 3.05) is 0 Å². The third-order valence-electron chi connectivity index (χ3n) is 2.35. The van der Waals surface area contributed by atoms with Crippen LogP contribution in [0.4, 0.5) is 8.78 Å². The Labute approximate surface area is 91.1 Å². The molecular formula is C12H10F2O2. The monoisotopic (exact) mass is 224 g/mol. The lowest BCUT2D eigenvalue weighted by Crippen LogP contribution is -2.05. The van der Waals surface area contributed by atoms with Crippen LogP contribution >= 0.6 is 0 Å². The minimum Gasteiger partial charge on any atom is -0.472 e. The van der Waals surface area contributed by atoms with Gasteiger partial charge in [0.15, 0.2) is 11.6 Å². The summed E-state index contributed by atoms with van der Waals surface area (Å²) in [6, 6.07) is 5.42. The van der Waals surface area contributed by atoms with Crippen LogP contribution in [0.2, 0.25) is 0 Å². The lowest BCUT2D eigenvalue weighted by Gasteiger charge is -2.10. The fourth-order valence-corrected chi connectivity index (χ4v) is 1.52. The van der Waals surface area contributed by atoms with Crippen molar-refractivity contribution in [1.82, 2.24) is 0 Å². The van der Waals surface area contributed by atoms with Crippen LogP contribution in [0.3, 0.4) is 0 Å². The maximum atomic E-state index is 13.3. The number of rotatable bonds is 3. The average Bonchev–Trinajstić information content (AvgIpc) is 2.74. The van der Waals surface area contributed by atoms with Crippen molar-refractivity contribution in [3.63, 3.8) is 0 Å². The van der Waals surface area contributed by atoms with E-state index in [1.807, 2.05) is 0 Å². The van der Waals surface area contributed by atoms with Gasteiger partial charge in [-0.1, -0.05) is 12.1 Å². The van der Waals surface area contributed by atoms with Crippen LogP contribution in [-0.2, 0) is 6.42 Å². The number of hydrogen-bond donors (Lipinski definition) is 1. The van der Waals surface area contributed by atoms with Gasteiger partial charge >= 0.3 is 0 Å². The van der Waals surface area contributed by atoms with Gasteiger partial charge in [-0.2, -0.15) is 0 Å². The highest BCUT2D eigenvalue weighted by Crippen LogP contribution is 2.22. The molecule has 1 N–H and O–H groups in total. The molecule has 0 aliphatic rings. The molecule has 1 aromatic heterocycles. The number of aliphatic hydroxyl groups is 1. The molecule has 0 bridgehead atoms. The first-order valence-corrected chi connectivity index (χ1v) is 4.81. The Morgan fingerprint density at radius 1 is 1.25 bits per heavy atom. The first kappa shape index (κ1) is 10.8. The summed E-state index contributed by atoms with van der Waals surface area (Å²) in [6.45, 7) is 0. The van der Waals surface area contributed by atoms with E-state index in [0.717, 1.165) is 11.6 Å². The van der Waals surface area contributed by atoms with Crippen molar-refractivity contribution in [3.8, 4) is 0 Å². The summed E-state index contributed by atoms with van der Waals surface area (Å²) in [4.78, 5) is 0. The van der Waals surface area contributed by atoms with Crippen LogP contribution in [0.15, 0.2) is 41.2 Å². The van der Waals surface area contributed by atoms with Gasteiger partial charge in [-0.15, -0.1) is 0 Å². The van der Waals surface area contributed by atoms with Crippen LogP contribution < -0.4 is 0 Å². The molecule has 0 fully saturated rings. The number of hydrogen-bond acceptors (Lipinski definition) is 2. The largest absolute Gasteiger partial charge is 0.472 e. The van der Waals surface area contributed by atoms with Gasteiger partial charge in [0.05, 0.1) is 18.6 Å². The zero-order valence-electron chi connectivity index (χ0n) is 8.36. The topological polar surface area (TPSA) is 33.4 Å². The summed E-state index contributed by atoms with van der Waals surface area (Å²) in [7, 11) is 0. The number of furan rings is 1. The molecule has 0 saturated carbocycles. The van der Waals surface area contributed by atoms with E-state index in [1.165, 1.54) is 24.7 Å². The van der Waals surface area contributed by atoms with Crippen LogP contribution in [0.25, 0.3) is 0 Å². The Morgan fingerprint density at radius 3 is 2.75 bits per heavy atom. The molecule has 1 aromatic carbocycles. The Kier molecular flexibility index (Phi) is 3.01. The molecule has 0 saturated heterocycles. The first-order valence-electron chi connectivity index (χ1n) is 4.81. The summed E-state index contributed by atoms with van der Waals surface area (Å²) < 4.78 is 31.1. The van der Waals surface area contributed by atoms with Crippen molar-refractivity contribution in [1.29, 1.82) is 0 Å². The van der Waals surface area contributed by atoms with Gasteiger partial charge in [-0.25, -0.2) is 8.78 Å². The molecule has 0 aliphatic carbocycles. The molecule has 2 rings (SSSR count). The standard InChI is InChI=1S/C12H10F2O2/c13-10-3-1-2-9(12(10)14)11(15)6-8-4-5-16-7-8/h1-5,7,11,15H,6H2. The Bertz CT molecular complexity index is 466. The second-order valence-electron chi connectivity index (χ2n) is 3.49. The zero-order chi connectivity index (χ0) is 11.5. The van der Waals surface area contributed by atoms with Gasteiger partial charge in [-0.05, 0) is 17.7 Å². The van der Waals surface area contributed by atoms with Gasteiger partial charge in [0.25, 0.3) is 0 Å². The SMILES string of the molecule is OC(Cc1ccoc1)c1cccc(F)c1F. The zero-order valence-corrected chi connectivity index (χ0v) is 8.36. The van der Waals surface area contributed by atoms with Crippen molar-refractivity contribution in [2.45, 2.75) is 12.5 Å². The van der Waals surface area contributed by atoms with E-state index in [1.54, 1.807) is 6.07 Å². The van der Waals surface area contributed by atoms with Crippen LogP contribution in [0.5, 0.6) is 0 Å². The van der Waals surface area contributed by atoms with Crippen LogP contribution in [-0.4, -0.2) is 5.11 Å². The first-order chi connectivity index (χ1) is 7.68. The van der Waals surface area contributed by atoms with Crippen molar-refractivity contribution < 1.29 is 18.3 Å². The summed E-state index contributed by atoms with van der Waals surface area (Å²) in [5.74, 6) is -1.96. The molecule has 4 heteroatoms. The molecule has 1 unspecified atom stereocenters. The van der Waals surface area contributed by atoms with Gasteiger partial charge in [0.1, 0.15) is 0 Å². The minimum atomic E-state index is -1.08. The van der Waals surface area contributed by atoms with E-state index < -0.39 is 17.7 Å².